The van der Waals surface area contributed by atoms with Crippen molar-refractivity contribution < 1.29 is 13.7 Å². The molecule has 0 aromatic carbocycles. The fourth-order valence-electron chi connectivity index (χ4n) is 4.43. The monoisotopic (exact) mass is 441 g/mol. The minimum Gasteiger partial charge on any atom is -0.368 e. The number of allylic oxidation sites excluding steroid dienone is 3. The van der Waals surface area contributed by atoms with E-state index >= 15 is 0 Å². The molecule has 7 nitrogen and oxygen atoms in total. The fraction of sp³-hybridized carbons (Fsp3) is 0.542. The van der Waals surface area contributed by atoms with Gasteiger partial charge in [-0.25, -0.2) is 9.37 Å². The van der Waals surface area contributed by atoms with E-state index in [1.165, 1.54) is 6.08 Å². The van der Waals surface area contributed by atoms with E-state index in [9.17, 15) is 4.39 Å². The second-order valence-corrected chi connectivity index (χ2v) is 8.54. The summed E-state index contributed by atoms with van der Waals surface area (Å²) >= 11 is 0. The molecule has 0 saturated carbocycles. The van der Waals surface area contributed by atoms with Gasteiger partial charge < -0.3 is 19.1 Å². The lowest BCUT2D eigenvalue weighted by Crippen LogP contribution is -2.34. The van der Waals surface area contributed by atoms with Gasteiger partial charge in [0.05, 0.1) is 6.10 Å². The van der Waals surface area contributed by atoms with Gasteiger partial charge >= 0.3 is 0 Å². The molecule has 2 fully saturated rings. The van der Waals surface area contributed by atoms with Crippen molar-refractivity contribution >= 4 is 5.82 Å². The number of likely N-dealkylation sites (tertiary alicyclic amines) is 1. The molecule has 1 atom stereocenters. The largest absolute Gasteiger partial charge is 0.368 e. The van der Waals surface area contributed by atoms with E-state index in [2.05, 4.69) is 32.0 Å². The van der Waals surface area contributed by atoms with Crippen LogP contribution >= 0.6 is 0 Å². The minimum absolute atomic E-state index is 0.129. The normalized spacial score (nSPS) is 21.5. The first-order valence-corrected chi connectivity index (χ1v) is 11.4. The molecule has 0 bridgehead atoms. The first-order chi connectivity index (χ1) is 15.6. The van der Waals surface area contributed by atoms with E-state index in [0.29, 0.717) is 18.3 Å². The van der Waals surface area contributed by atoms with Crippen molar-refractivity contribution in [3.05, 3.63) is 47.8 Å². The summed E-state index contributed by atoms with van der Waals surface area (Å²) in [5, 5.41) is 4.08. The van der Waals surface area contributed by atoms with Crippen LogP contribution in [0.4, 0.5) is 10.2 Å². The maximum atomic E-state index is 14.1. The van der Waals surface area contributed by atoms with Gasteiger partial charge in [0.15, 0.2) is 0 Å². The van der Waals surface area contributed by atoms with Gasteiger partial charge in [-0.3, -0.25) is 0 Å². The number of ether oxygens (including phenoxy) is 1. The summed E-state index contributed by atoms with van der Waals surface area (Å²) in [5.41, 5.74) is 1.58. The molecular formula is C24H32FN5O2. The summed E-state index contributed by atoms with van der Waals surface area (Å²) in [7, 11) is 2.13. The molecule has 2 saturated heterocycles. The van der Waals surface area contributed by atoms with Crippen molar-refractivity contribution in [1.82, 2.24) is 20.0 Å². The summed E-state index contributed by atoms with van der Waals surface area (Å²) in [5.74, 6) is 1.92. The molecule has 8 heteroatoms. The lowest BCUT2D eigenvalue weighted by molar-refractivity contribution is -0.00830. The van der Waals surface area contributed by atoms with Crippen LogP contribution in [0.25, 0.3) is 11.4 Å². The third-order valence-electron chi connectivity index (χ3n) is 6.37. The van der Waals surface area contributed by atoms with Gasteiger partial charge in [-0.15, -0.1) is 0 Å². The maximum absolute atomic E-state index is 14.1. The molecule has 32 heavy (non-hydrogen) atoms. The number of halogens is 1. The van der Waals surface area contributed by atoms with E-state index in [1.807, 2.05) is 25.1 Å². The number of aromatic nitrogens is 3. The SMILES string of the molecule is C/C=C(\C(F)=C/C)C1CCN(c2ccc(-c3noc(COC4CCN(C)CC4)n3)cn2)C1. The van der Waals surface area contributed by atoms with Gasteiger partial charge in [0.1, 0.15) is 18.3 Å². The lowest BCUT2D eigenvalue weighted by Gasteiger charge is -2.28. The molecule has 1 unspecified atom stereocenters. The van der Waals surface area contributed by atoms with Crippen LogP contribution in [0.3, 0.4) is 0 Å². The molecule has 0 spiro atoms. The zero-order chi connectivity index (χ0) is 22.5. The molecule has 0 N–H and O–H groups in total. The van der Waals surface area contributed by atoms with Crippen LogP contribution in [0.1, 0.15) is 39.0 Å². The van der Waals surface area contributed by atoms with Crippen LogP contribution in [-0.4, -0.2) is 59.4 Å². The number of hydrogen-bond acceptors (Lipinski definition) is 7. The van der Waals surface area contributed by atoms with E-state index < -0.39 is 0 Å². The summed E-state index contributed by atoms with van der Waals surface area (Å²) < 4.78 is 25.4. The van der Waals surface area contributed by atoms with Crippen LogP contribution in [0, 0.1) is 5.92 Å². The van der Waals surface area contributed by atoms with Crippen molar-refractivity contribution in [1.29, 1.82) is 0 Å². The third-order valence-corrected chi connectivity index (χ3v) is 6.37. The highest BCUT2D eigenvalue weighted by Crippen LogP contribution is 2.32. The smallest absolute Gasteiger partial charge is 0.252 e. The molecule has 2 aromatic heterocycles. The molecule has 0 radical (unpaired) electrons. The highest BCUT2D eigenvalue weighted by Gasteiger charge is 2.28. The predicted molar refractivity (Wildman–Crippen MR) is 122 cm³/mol. The van der Waals surface area contributed by atoms with E-state index in [4.69, 9.17) is 9.26 Å². The Labute approximate surface area is 189 Å². The fourth-order valence-corrected chi connectivity index (χ4v) is 4.43. The predicted octanol–water partition coefficient (Wildman–Crippen LogP) is 4.39. The number of pyridine rings is 1. The molecule has 0 amide bonds. The first kappa shape index (κ1) is 22.6. The second-order valence-electron chi connectivity index (χ2n) is 8.54. The highest BCUT2D eigenvalue weighted by molar-refractivity contribution is 5.56. The lowest BCUT2D eigenvalue weighted by atomic mass is 9.97. The van der Waals surface area contributed by atoms with Crippen LogP contribution in [0.2, 0.25) is 0 Å². The number of piperidine rings is 1. The van der Waals surface area contributed by atoms with E-state index in [1.54, 1.807) is 13.1 Å². The summed E-state index contributed by atoms with van der Waals surface area (Å²) in [6.45, 7) is 7.67. The number of rotatable bonds is 7. The molecule has 4 heterocycles. The van der Waals surface area contributed by atoms with Crippen LogP contribution in [0.5, 0.6) is 0 Å². The van der Waals surface area contributed by atoms with Crippen molar-refractivity contribution in [2.45, 2.75) is 45.8 Å². The minimum atomic E-state index is -0.129. The van der Waals surface area contributed by atoms with Gasteiger partial charge in [0, 0.05) is 43.9 Å². The Morgan fingerprint density at radius 2 is 2.00 bits per heavy atom. The molecule has 0 aliphatic carbocycles. The Morgan fingerprint density at radius 3 is 2.69 bits per heavy atom. The van der Waals surface area contributed by atoms with Crippen molar-refractivity contribution in [3.8, 4) is 11.4 Å². The first-order valence-electron chi connectivity index (χ1n) is 11.4. The Bertz CT molecular complexity index is 948. The van der Waals surface area contributed by atoms with Crippen LogP contribution in [0.15, 0.2) is 46.4 Å². The molecule has 2 aliphatic rings. The molecule has 4 rings (SSSR count). The number of anilines is 1. The average molecular weight is 442 g/mol. The van der Waals surface area contributed by atoms with Crippen molar-refractivity contribution in [2.75, 3.05) is 38.1 Å². The van der Waals surface area contributed by atoms with Gasteiger partial charge in [-0.2, -0.15) is 4.98 Å². The third kappa shape index (κ3) is 5.24. The summed E-state index contributed by atoms with van der Waals surface area (Å²) in [6, 6.07) is 3.91. The molecule has 2 aliphatic heterocycles. The van der Waals surface area contributed by atoms with Crippen molar-refractivity contribution in [3.63, 3.8) is 0 Å². The average Bonchev–Trinajstić information content (AvgIpc) is 3.49. The Kier molecular flexibility index (Phi) is 7.32. The zero-order valence-corrected chi connectivity index (χ0v) is 19.1. The summed E-state index contributed by atoms with van der Waals surface area (Å²) in [4.78, 5) is 13.6. The maximum Gasteiger partial charge on any atom is 0.252 e. The Balaban J connectivity index is 1.33. The Morgan fingerprint density at radius 1 is 1.19 bits per heavy atom. The highest BCUT2D eigenvalue weighted by atomic mass is 19.1. The topological polar surface area (TPSA) is 67.5 Å². The number of hydrogen-bond donors (Lipinski definition) is 0. The van der Waals surface area contributed by atoms with Gasteiger partial charge in [0.25, 0.3) is 5.89 Å². The quantitative estimate of drug-likeness (QED) is 0.591. The van der Waals surface area contributed by atoms with Gasteiger partial charge in [-0.05, 0) is 57.9 Å². The Hall–Kier alpha value is -2.58. The van der Waals surface area contributed by atoms with Gasteiger partial charge in [-0.1, -0.05) is 17.3 Å². The van der Waals surface area contributed by atoms with E-state index in [0.717, 1.165) is 62.4 Å². The van der Waals surface area contributed by atoms with Crippen molar-refractivity contribution in [2.24, 2.45) is 5.92 Å². The summed E-state index contributed by atoms with van der Waals surface area (Å²) in [6.07, 6.45) is 8.38. The molecule has 2 aromatic rings. The number of nitrogens with zero attached hydrogens (tertiary/aromatic N) is 5. The van der Waals surface area contributed by atoms with E-state index in [-0.39, 0.29) is 17.8 Å². The van der Waals surface area contributed by atoms with Gasteiger partial charge in [0.2, 0.25) is 5.82 Å². The zero-order valence-electron chi connectivity index (χ0n) is 19.1. The van der Waals surface area contributed by atoms with Crippen LogP contribution in [-0.2, 0) is 11.3 Å². The molecule has 172 valence electrons. The standard InChI is InChI=1S/C24H32FN5O2/c1-4-20(21(25)5-2)18-8-13-30(15-18)22-7-6-17(14-26-22)24-27-23(32-28-24)16-31-19-9-11-29(3)12-10-19/h4-7,14,18-19H,8-13,15-16H2,1-3H3/b20-4-,21-5+. The molecular weight excluding hydrogens is 409 g/mol. The van der Waals surface area contributed by atoms with Crippen LogP contribution < -0.4 is 4.90 Å². The second kappa shape index (κ2) is 10.4.